The second-order valence-corrected chi connectivity index (χ2v) is 5.47. The van der Waals surface area contributed by atoms with Crippen molar-refractivity contribution in [2.75, 3.05) is 24.3 Å². The maximum atomic E-state index is 6.01. The number of rotatable bonds is 2. The van der Waals surface area contributed by atoms with E-state index >= 15 is 0 Å². The molecule has 2 aliphatic rings. The molecule has 1 aliphatic carbocycles. The molecule has 1 saturated carbocycles. The highest BCUT2D eigenvalue weighted by Gasteiger charge is 2.45. The largest absolute Gasteiger partial charge is 0.486 e. The van der Waals surface area contributed by atoms with Gasteiger partial charge >= 0.3 is 0 Å². The monoisotopic (exact) mass is 234 g/mol. The average Bonchev–Trinajstić information content (AvgIpc) is 2.87. The van der Waals surface area contributed by atoms with Crippen molar-refractivity contribution in [2.45, 2.75) is 26.3 Å². The average molecular weight is 234 g/mol. The summed E-state index contributed by atoms with van der Waals surface area (Å²) in [5.41, 5.74) is 8.05. The summed E-state index contributed by atoms with van der Waals surface area (Å²) in [4.78, 5) is 0. The number of benzene rings is 1. The molecule has 3 rings (SSSR count). The molecule has 3 N–H and O–H groups in total. The minimum Gasteiger partial charge on any atom is -0.486 e. The molecule has 1 fully saturated rings. The van der Waals surface area contributed by atoms with Crippen molar-refractivity contribution in [2.24, 2.45) is 5.41 Å². The SMILES string of the molecule is CC1(C)CC1Nc1cc2c(cc1N)OCCO2. The number of nitrogens with one attached hydrogen (secondary N) is 1. The fourth-order valence-corrected chi connectivity index (χ4v) is 2.13. The molecule has 0 spiro atoms. The van der Waals surface area contributed by atoms with Gasteiger partial charge in [-0.25, -0.2) is 0 Å². The highest BCUT2D eigenvalue weighted by molar-refractivity contribution is 5.73. The van der Waals surface area contributed by atoms with Crippen molar-refractivity contribution in [1.82, 2.24) is 0 Å². The molecule has 1 heterocycles. The van der Waals surface area contributed by atoms with E-state index in [9.17, 15) is 0 Å². The zero-order valence-electron chi connectivity index (χ0n) is 10.2. The second kappa shape index (κ2) is 3.45. The van der Waals surface area contributed by atoms with E-state index in [1.54, 1.807) is 0 Å². The molecular formula is C13H18N2O2. The minimum atomic E-state index is 0.375. The predicted molar refractivity (Wildman–Crippen MR) is 67.7 cm³/mol. The van der Waals surface area contributed by atoms with Crippen molar-refractivity contribution in [3.05, 3.63) is 12.1 Å². The highest BCUT2D eigenvalue weighted by atomic mass is 16.6. The Kier molecular flexibility index (Phi) is 2.15. The molecule has 1 aromatic carbocycles. The van der Waals surface area contributed by atoms with E-state index < -0.39 is 0 Å². The Bertz CT molecular complexity index is 457. The van der Waals surface area contributed by atoms with Crippen LogP contribution in [0.5, 0.6) is 11.5 Å². The number of hydrogen-bond donors (Lipinski definition) is 2. The third-order valence-corrected chi connectivity index (χ3v) is 3.56. The van der Waals surface area contributed by atoms with Gasteiger partial charge in [-0.05, 0) is 11.8 Å². The van der Waals surface area contributed by atoms with Gasteiger partial charge in [-0.3, -0.25) is 0 Å². The number of anilines is 2. The molecule has 1 aliphatic heterocycles. The Hall–Kier alpha value is -1.58. The summed E-state index contributed by atoms with van der Waals surface area (Å²) in [6.07, 6.45) is 1.18. The zero-order chi connectivity index (χ0) is 12.0. The predicted octanol–water partition coefficient (Wildman–Crippen LogP) is 2.25. The lowest BCUT2D eigenvalue weighted by molar-refractivity contribution is 0.172. The van der Waals surface area contributed by atoms with Crippen LogP contribution in [0.2, 0.25) is 0 Å². The van der Waals surface area contributed by atoms with E-state index in [0.717, 1.165) is 22.9 Å². The van der Waals surface area contributed by atoms with Crippen LogP contribution in [0.3, 0.4) is 0 Å². The number of ether oxygens (including phenoxy) is 2. The number of fused-ring (bicyclic) bond motifs is 1. The van der Waals surface area contributed by atoms with Gasteiger partial charge in [0.1, 0.15) is 13.2 Å². The Balaban J connectivity index is 1.84. The summed E-state index contributed by atoms with van der Waals surface area (Å²) in [5.74, 6) is 1.53. The van der Waals surface area contributed by atoms with Gasteiger partial charge < -0.3 is 20.5 Å². The first-order valence-electron chi connectivity index (χ1n) is 6.02. The number of nitrogen functional groups attached to an aromatic ring is 1. The van der Waals surface area contributed by atoms with Crippen LogP contribution in [-0.2, 0) is 0 Å². The van der Waals surface area contributed by atoms with Crippen molar-refractivity contribution in [1.29, 1.82) is 0 Å². The van der Waals surface area contributed by atoms with Crippen molar-refractivity contribution in [3.8, 4) is 11.5 Å². The van der Waals surface area contributed by atoms with Gasteiger partial charge in [0.05, 0.1) is 11.4 Å². The Morgan fingerprint density at radius 2 is 1.82 bits per heavy atom. The summed E-state index contributed by atoms with van der Waals surface area (Å²) in [6, 6.07) is 4.29. The molecule has 4 nitrogen and oxygen atoms in total. The summed E-state index contributed by atoms with van der Waals surface area (Å²) in [7, 11) is 0. The van der Waals surface area contributed by atoms with Crippen LogP contribution in [0, 0.1) is 5.41 Å². The van der Waals surface area contributed by atoms with E-state index in [2.05, 4.69) is 19.2 Å². The Morgan fingerprint density at radius 3 is 2.41 bits per heavy atom. The summed E-state index contributed by atoms with van der Waals surface area (Å²) >= 11 is 0. The van der Waals surface area contributed by atoms with Crippen LogP contribution in [0.4, 0.5) is 11.4 Å². The molecular weight excluding hydrogens is 216 g/mol. The highest BCUT2D eigenvalue weighted by Crippen LogP contribution is 2.48. The normalized spacial score (nSPS) is 24.2. The first-order valence-corrected chi connectivity index (χ1v) is 6.02. The summed E-state index contributed by atoms with van der Waals surface area (Å²) < 4.78 is 11.0. The number of nitrogens with two attached hydrogens (primary N) is 1. The van der Waals surface area contributed by atoms with Crippen LogP contribution in [-0.4, -0.2) is 19.3 Å². The molecule has 0 aromatic heterocycles. The van der Waals surface area contributed by atoms with Crippen LogP contribution >= 0.6 is 0 Å². The lowest BCUT2D eigenvalue weighted by Gasteiger charge is -2.21. The summed E-state index contributed by atoms with van der Waals surface area (Å²) in [6.45, 7) is 5.69. The maximum Gasteiger partial charge on any atom is 0.163 e. The molecule has 0 bridgehead atoms. The van der Waals surface area contributed by atoms with Crippen molar-refractivity contribution in [3.63, 3.8) is 0 Å². The molecule has 4 heteroatoms. The molecule has 1 atom stereocenters. The van der Waals surface area contributed by atoms with E-state index in [-0.39, 0.29) is 0 Å². The molecule has 17 heavy (non-hydrogen) atoms. The van der Waals surface area contributed by atoms with Crippen LogP contribution in [0.25, 0.3) is 0 Å². The third-order valence-electron chi connectivity index (χ3n) is 3.56. The lowest BCUT2D eigenvalue weighted by Crippen LogP contribution is -2.16. The fraction of sp³-hybridized carbons (Fsp3) is 0.538. The van der Waals surface area contributed by atoms with Gasteiger partial charge in [-0.15, -0.1) is 0 Å². The molecule has 1 aromatic rings. The van der Waals surface area contributed by atoms with E-state index in [4.69, 9.17) is 15.2 Å². The van der Waals surface area contributed by atoms with Crippen molar-refractivity contribution >= 4 is 11.4 Å². The van der Waals surface area contributed by atoms with Crippen molar-refractivity contribution < 1.29 is 9.47 Å². The van der Waals surface area contributed by atoms with E-state index in [1.807, 2.05) is 12.1 Å². The quantitative estimate of drug-likeness (QED) is 0.771. The van der Waals surface area contributed by atoms with Gasteiger partial charge in [-0.1, -0.05) is 13.8 Å². The standard InChI is InChI=1S/C13H18N2O2/c1-13(2)7-12(13)15-9-6-11-10(5-8(9)14)16-3-4-17-11/h5-6,12,15H,3-4,7,14H2,1-2H3. The fourth-order valence-electron chi connectivity index (χ4n) is 2.13. The van der Waals surface area contributed by atoms with Gasteiger partial charge in [0.15, 0.2) is 11.5 Å². The topological polar surface area (TPSA) is 56.5 Å². The van der Waals surface area contributed by atoms with Crippen LogP contribution < -0.4 is 20.5 Å². The Morgan fingerprint density at radius 1 is 1.24 bits per heavy atom. The van der Waals surface area contributed by atoms with Crippen LogP contribution in [0.15, 0.2) is 12.1 Å². The maximum absolute atomic E-state index is 6.01. The molecule has 92 valence electrons. The molecule has 0 saturated heterocycles. The summed E-state index contributed by atoms with van der Waals surface area (Å²) in [5, 5.41) is 3.46. The van der Waals surface area contributed by atoms with Crippen LogP contribution in [0.1, 0.15) is 20.3 Å². The smallest absolute Gasteiger partial charge is 0.163 e. The minimum absolute atomic E-state index is 0.375. The first-order chi connectivity index (χ1) is 8.06. The third kappa shape index (κ3) is 1.88. The first kappa shape index (κ1) is 10.6. The molecule has 1 unspecified atom stereocenters. The van der Waals surface area contributed by atoms with E-state index in [1.165, 1.54) is 6.42 Å². The number of hydrogen-bond acceptors (Lipinski definition) is 4. The lowest BCUT2D eigenvalue weighted by atomic mass is 10.1. The molecule has 0 amide bonds. The van der Waals surface area contributed by atoms with Gasteiger partial charge in [0.2, 0.25) is 0 Å². The van der Waals surface area contributed by atoms with Gasteiger partial charge in [-0.2, -0.15) is 0 Å². The molecule has 0 radical (unpaired) electrons. The van der Waals surface area contributed by atoms with E-state index in [0.29, 0.717) is 24.7 Å². The second-order valence-electron chi connectivity index (χ2n) is 5.47. The van der Waals surface area contributed by atoms with Gasteiger partial charge in [0, 0.05) is 18.2 Å². The zero-order valence-corrected chi connectivity index (χ0v) is 10.2. The van der Waals surface area contributed by atoms with Gasteiger partial charge in [0.25, 0.3) is 0 Å². The Labute approximate surface area is 101 Å².